The largest absolute Gasteiger partial charge is 0.372 e. The van der Waals surface area contributed by atoms with Crippen molar-refractivity contribution in [2.75, 3.05) is 10.2 Å². The minimum atomic E-state index is -0.249. The summed E-state index contributed by atoms with van der Waals surface area (Å²) in [5, 5.41) is 3.86. The van der Waals surface area contributed by atoms with Crippen LogP contribution in [0.15, 0.2) is 42.5 Å². The lowest BCUT2D eigenvalue weighted by atomic mass is 10.1. The highest BCUT2D eigenvalue weighted by molar-refractivity contribution is 6.31. The lowest BCUT2D eigenvalue weighted by Crippen LogP contribution is -2.45. The zero-order valence-electron chi connectivity index (χ0n) is 12.1. The van der Waals surface area contributed by atoms with E-state index in [0.717, 1.165) is 16.9 Å². The van der Waals surface area contributed by atoms with Crippen molar-refractivity contribution >= 4 is 28.9 Å². The van der Waals surface area contributed by atoms with Gasteiger partial charge in [-0.25, -0.2) is 0 Å². The first-order valence-electron chi connectivity index (χ1n) is 6.97. The third-order valence-electron chi connectivity index (χ3n) is 3.72. The third kappa shape index (κ3) is 2.74. The molecule has 3 nitrogen and oxygen atoms in total. The molecule has 1 aliphatic heterocycles. The number of amides is 1. The molecule has 2 aromatic rings. The average Bonchev–Trinajstić information content (AvgIpc) is 2.46. The first-order chi connectivity index (χ1) is 10.0. The van der Waals surface area contributed by atoms with E-state index in [0.29, 0.717) is 11.6 Å². The van der Waals surface area contributed by atoms with Gasteiger partial charge in [-0.1, -0.05) is 41.4 Å². The SMILES string of the molecule is Cc1ccc(CN2C(=O)C(C)Nc3cc(Cl)ccc32)cc1. The zero-order chi connectivity index (χ0) is 15.0. The van der Waals surface area contributed by atoms with Gasteiger partial charge in [0, 0.05) is 5.02 Å². The lowest BCUT2D eigenvalue weighted by Gasteiger charge is -2.34. The van der Waals surface area contributed by atoms with Crippen molar-refractivity contribution in [3.63, 3.8) is 0 Å². The summed E-state index contributed by atoms with van der Waals surface area (Å²) in [6, 6.07) is 13.6. The van der Waals surface area contributed by atoms with Crippen LogP contribution in [0.3, 0.4) is 0 Å². The normalized spacial score (nSPS) is 17.4. The van der Waals surface area contributed by atoms with Gasteiger partial charge in [-0.3, -0.25) is 4.79 Å². The van der Waals surface area contributed by atoms with Gasteiger partial charge in [0.2, 0.25) is 5.91 Å². The number of anilines is 2. The predicted molar refractivity (Wildman–Crippen MR) is 86.9 cm³/mol. The molecule has 1 aliphatic rings. The van der Waals surface area contributed by atoms with E-state index in [9.17, 15) is 4.79 Å². The van der Waals surface area contributed by atoms with Gasteiger partial charge >= 0.3 is 0 Å². The van der Waals surface area contributed by atoms with Crippen molar-refractivity contribution in [1.82, 2.24) is 0 Å². The van der Waals surface area contributed by atoms with Gasteiger partial charge in [-0.05, 0) is 37.6 Å². The van der Waals surface area contributed by atoms with Gasteiger partial charge < -0.3 is 10.2 Å². The number of fused-ring (bicyclic) bond motifs is 1. The van der Waals surface area contributed by atoms with Crippen LogP contribution in [0.5, 0.6) is 0 Å². The summed E-state index contributed by atoms with van der Waals surface area (Å²) >= 11 is 6.04. The second-order valence-electron chi connectivity index (χ2n) is 5.44. The van der Waals surface area contributed by atoms with E-state index in [2.05, 4.69) is 36.5 Å². The monoisotopic (exact) mass is 300 g/mol. The summed E-state index contributed by atoms with van der Waals surface area (Å²) in [5.74, 6) is 0.0744. The van der Waals surface area contributed by atoms with Gasteiger partial charge in [0.1, 0.15) is 6.04 Å². The number of hydrogen-bond acceptors (Lipinski definition) is 2. The van der Waals surface area contributed by atoms with Gasteiger partial charge in [0.15, 0.2) is 0 Å². The Morgan fingerprint density at radius 2 is 1.90 bits per heavy atom. The minimum Gasteiger partial charge on any atom is -0.372 e. The number of carbonyl (C=O) groups excluding carboxylic acids is 1. The molecule has 1 unspecified atom stereocenters. The Balaban J connectivity index is 1.96. The highest BCUT2D eigenvalue weighted by Gasteiger charge is 2.29. The first kappa shape index (κ1) is 14.0. The first-order valence-corrected chi connectivity index (χ1v) is 7.35. The van der Waals surface area contributed by atoms with Crippen LogP contribution in [0.25, 0.3) is 0 Å². The molecule has 0 bridgehead atoms. The van der Waals surface area contributed by atoms with E-state index >= 15 is 0 Å². The number of carbonyl (C=O) groups is 1. The van der Waals surface area contributed by atoms with E-state index < -0.39 is 0 Å². The maximum absolute atomic E-state index is 12.5. The Morgan fingerprint density at radius 3 is 2.62 bits per heavy atom. The summed E-state index contributed by atoms with van der Waals surface area (Å²) in [6.07, 6.45) is 0. The number of aryl methyl sites for hydroxylation is 1. The van der Waals surface area contributed by atoms with E-state index in [1.165, 1.54) is 5.56 Å². The zero-order valence-corrected chi connectivity index (χ0v) is 12.8. The Hall–Kier alpha value is -2.00. The second-order valence-corrected chi connectivity index (χ2v) is 5.87. The third-order valence-corrected chi connectivity index (χ3v) is 3.95. The lowest BCUT2D eigenvalue weighted by molar-refractivity contribution is -0.119. The fourth-order valence-electron chi connectivity index (χ4n) is 2.55. The van der Waals surface area contributed by atoms with Crippen LogP contribution in [-0.2, 0) is 11.3 Å². The summed E-state index contributed by atoms with van der Waals surface area (Å²) < 4.78 is 0. The molecule has 3 rings (SSSR count). The molecule has 0 radical (unpaired) electrons. The van der Waals surface area contributed by atoms with Gasteiger partial charge in [0.05, 0.1) is 17.9 Å². The van der Waals surface area contributed by atoms with Crippen molar-refractivity contribution in [2.24, 2.45) is 0 Å². The molecule has 0 saturated heterocycles. The molecule has 1 heterocycles. The Kier molecular flexibility index (Phi) is 3.60. The van der Waals surface area contributed by atoms with Crippen molar-refractivity contribution in [3.8, 4) is 0 Å². The molecule has 0 aromatic heterocycles. The fourth-order valence-corrected chi connectivity index (χ4v) is 2.72. The summed E-state index contributed by atoms with van der Waals surface area (Å²) in [5.41, 5.74) is 4.11. The predicted octanol–water partition coefficient (Wildman–Crippen LogP) is 4.00. The van der Waals surface area contributed by atoms with Gasteiger partial charge in [-0.15, -0.1) is 0 Å². The smallest absolute Gasteiger partial charge is 0.249 e. The topological polar surface area (TPSA) is 32.3 Å². The van der Waals surface area contributed by atoms with Gasteiger partial charge in [-0.2, -0.15) is 0 Å². The highest BCUT2D eigenvalue weighted by atomic mass is 35.5. The van der Waals surface area contributed by atoms with E-state index in [1.54, 1.807) is 0 Å². The quantitative estimate of drug-likeness (QED) is 0.909. The van der Waals surface area contributed by atoms with E-state index in [1.807, 2.05) is 30.0 Å². The van der Waals surface area contributed by atoms with Crippen molar-refractivity contribution in [1.29, 1.82) is 0 Å². The average molecular weight is 301 g/mol. The number of benzene rings is 2. The number of rotatable bonds is 2. The molecular weight excluding hydrogens is 284 g/mol. The maximum atomic E-state index is 12.5. The Labute approximate surface area is 129 Å². The van der Waals surface area contributed by atoms with Crippen LogP contribution in [-0.4, -0.2) is 11.9 Å². The number of halogens is 1. The molecule has 2 aromatic carbocycles. The Bertz CT molecular complexity index is 682. The molecule has 1 amide bonds. The highest BCUT2D eigenvalue weighted by Crippen LogP contribution is 2.34. The molecule has 1 N–H and O–H groups in total. The summed E-state index contributed by atoms with van der Waals surface area (Å²) in [6.45, 7) is 4.49. The van der Waals surface area contributed by atoms with Crippen LogP contribution < -0.4 is 10.2 Å². The fraction of sp³-hybridized carbons (Fsp3) is 0.235. The van der Waals surface area contributed by atoms with Crippen molar-refractivity contribution in [3.05, 3.63) is 58.6 Å². The minimum absolute atomic E-state index is 0.0744. The Morgan fingerprint density at radius 1 is 1.19 bits per heavy atom. The van der Waals surface area contributed by atoms with Crippen molar-refractivity contribution < 1.29 is 4.79 Å². The number of nitrogens with one attached hydrogen (secondary N) is 1. The summed E-state index contributed by atoms with van der Waals surface area (Å²) in [7, 11) is 0. The molecule has 0 saturated carbocycles. The summed E-state index contributed by atoms with van der Waals surface area (Å²) in [4.78, 5) is 14.3. The van der Waals surface area contributed by atoms with Crippen LogP contribution in [0, 0.1) is 6.92 Å². The molecule has 0 spiro atoms. The van der Waals surface area contributed by atoms with Crippen LogP contribution >= 0.6 is 11.6 Å². The molecule has 0 fully saturated rings. The van der Waals surface area contributed by atoms with Crippen LogP contribution in [0.4, 0.5) is 11.4 Å². The van der Waals surface area contributed by atoms with E-state index in [4.69, 9.17) is 11.6 Å². The van der Waals surface area contributed by atoms with Crippen LogP contribution in [0.2, 0.25) is 5.02 Å². The van der Waals surface area contributed by atoms with E-state index in [-0.39, 0.29) is 11.9 Å². The molecule has 21 heavy (non-hydrogen) atoms. The maximum Gasteiger partial charge on any atom is 0.249 e. The number of nitrogens with zero attached hydrogens (tertiary/aromatic N) is 1. The number of hydrogen-bond donors (Lipinski definition) is 1. The van der Waals surface area contributed by atoms with Crippen molar-refractivity contribution in [2.45, 2.75) is 26.4 Å². The second kappa shape index (κ2) is 5.41. The molecule has 4 heteroatoms. The molecular formula is C17H17ClN2O. The van der Waals surface area contributed by atoms with Gasteiger partial charge in [0.25, 0.3) is 0 Å². The standard InChI is InChI=1S/C17H17ClN2O/c1-11-3-5-13(6-4-11)10-20-16-8-7-14(18)9-15(16)19-12(2)17(20)21/h3-9,12,19H,10H2,1-2H3. The van der Waals surface area contributed by atoms with Crippen LogP contribution in [0.1, 0.15) is 18.1 Å². The molecule has 108 valence electrons. The molecule has 1 atom stereocenters. The molecule has 0 aliphatic carbocycles.